The summed E-state index contributed by atoms with van der Waals surface area (Å²) in [5.74, 6) is -1.27. The molecule has 2 rings (SSSR count). The first-order valence-corrected chi connectivity index (χ1v) is 12.0. The average molecular weight is 502 g/mol. The van der Waals surface area contributed by atoms with E-state index in [0.29, 0.717) is 38.0 Å². The van der Waals surface area contributed by atoms with Crippen molar-refractivity contribution in [3.63, 3.8) is 0 Å². The van der Waals surface area contributed by atoms with Crippen molar-refractivity contribution < 1.29 is 38.4 Å². The quantitative estimate of drug-likeness (QED) is 0.443. The van der Waals surface area contributed by atoms with Gasteiger partial charge in [-0.15, -0.1) is 4.37 Å². The molecule has 0 aromatic carbocycles. The first kappa shape index (κ1) is 27.9. The molecule has 11 nitrogen and oxygen atoms in total. The normalized spacial score (nSPS) is 17.9. The molecule has 0 saturated carbocycles. The predicted molar refractivity (Wildman–Crippen MR) is 124 cm³/mol. The molecule has 1 fully saturated rings. The van der Waals surface area contributed by atoms with Gasteiger partial charge in [-0.25, -0.2) is 9.59 Å². The van der Waals surface area contributed by atoms with Gasteiger partial charge in [-0.2, -0.15) is 4.37 Å². The summed E-state index contributed by atoms with van der Waals surface area (Å²) in [4.78, 5) is 38.6. The highest BCUT2D eigenvalue weighted by atomic mass is 32.1. The maximum absolute atomic E-state index is 12.6. The van der Waals surface area contributed by atoms with Crippen LogP contribution >= 0.6 is 11.7 Å². The van der Waals surface area contributed by atoms with Gasteiger partial charge in [-0.1, -0.05) is 20.8 Å². The van der Waals surface area contributed by atoms with Crippen molar-refractivity contribution in [3.05, 3.63) is 0 Å². The van der Waals surface area contributed by atoms with E-state index in [2.05, 4.69) is 8.75 Å². The summed E-state index contributed by atoms with van der Waals surface area (Å²) in [6.07, 6.45) is -3.20. The molecule has 1 N–H and O–H groups in total. The molecule has 2 heterocycles. The number of ether oxygens (including phenoxy) is 4. The topological polar surface area (TPSA) is 137 Å². The second-order valence-electron chi connectivity index (χ2n) is 9.38. The standard InChI is InChI=1S/C22H35N3O8S/c1-13(26)17(22(4,5)6)11-16(33-21(29)15(3)32-20(28)14(2)27)12-31-19-18(23-34-24-19)25-7-9-30-10-8-25/h14-17,27H,7-12H2,1-6H3/t14?,15?,16-,17?/m0/s1. The zero-order chi connectivity index (χ0) is 25.5. The third-order valence-corrected chi connectivity index (χ3v) is 5.94. The van der Waals surface area contributed by atoms with E-state index in [4.69, 9.17) is 18.9 Å². The van der Waals surface area contributed by atoms with Crippen molar-refractivity contribution in [1.82, 2.24) is 8.75 Å². The van der Waals surface area contributed by atoms with E-state index >= 15 is 0 Å². The number of aliphatic hydroxyl groups is 1. The van der Waals surface area contributed by atoms with Crippen LogP contribution in [0.2, 0.25) is 0 Å². The number of carbonyl (C=O) groups excluding carboxylic acids is 3. The minimum absolute atomic E-state index is 0.0357. The molecule has 192 valence electrons. The average Bonchev–Trinajstić information content (AvgIpc) is 3.23. The molecule has 4 atom stereocenters. The van der Waals surface area contributed by atoms with Crippen LogP contribution in [0.15, 0.2) is 0 Å². The number of rotatable bonds is 11. The third-order valence-electron chi connectivity index (χ3n) is 5.44. The number of carbonyl (C=O) groups is 3. The second-order valence-corrected chi connectivity index (χ2v) is 9.91. The Hall–Kier alpha value is -2.31. The van der Waals surface area contributed by atoms with Gasteiger partial charge in [-0.3, -0.25) is 4.79 Å². The molecule has 12 heteroatoms. The highest BCUT2D eigenvalue weighted by molar-refractivity contribution is 6.99. The molecule has 0 spiro atoms. The number of hydrogen-bond acceptors (Lipinski definition) is 12. The van der Waals surface area contributed by atoms with Crippen molar-refractivity contribution in [1.29, 1.82) is 0 Å². The van der Waals surface area contributed by atoms with Crippen molar-refractivity contribution in [2.24, 2.45) is 11.3 Å². The van der Waals surface area contributed by atoms with E-state index in [1.54, 1.807) is 0 Å². The molecule has 1 aromatic heterocycles. The summed E-state index contributed by atoms with van der Waals surface area (Å²) in [5, 5.41) is 9.32. The third kappa shape index (κ3) is 8.17. The van der Waals surface area contributed by atoms with E-state index in [1.807, 2.05) is 25.7 Å². The van der Waals surface area contributed by atoms with Crippen molar-refractivity contribution in [2.75, 3.05) is 37.8 Å². The Morgan fingerprint density at radius 3 is 2.32 bits per heavy atom. The van der Waals surface area contributed by atoms with Gasteiger partial charge in [0.05, 0.1) is 24.9 Å². The highest BCUT2D eigenvalue weighted by Crippen LogP contribution is 2.32. The summed E-state index contributed by atoms with van der Waals surface area (Å²) in [6, 6.07) is 0. The van der Waals surface area contributed by atoms with Crippen LogP contribution in [-0.2, 0) is 28.6 Å². The molecule has 3 unspecified atom stereocenters. The lowest BCUT2D eigenvalue weighted by Gasteiger charge is -2.32. The summed E-state index contributed by atoms with van der Waals surface area (Å²) >= 11 is 1.01. The smallest absolute Gasteiger partial charge is 0.347 e. The van der Waals surface area contributed by atoms with E-state index < -0.39 is 36.2 Å². The molecule has 1 aliphatic heterocycles. The molecule has 0 aliphatic carbocycles. The number of anilines is 1. The van der Waals surface area contributed by atoms with Crippen LogP contribution < -0.4 is 9.64 Å². The second kappa shape index (κ2) is 12.4. The molecule has 1 saturated heterocycles. The molecule has 1 aliphatic rings. The van der Waals surface area contributed by atoms with E-state index in [9.17, 15) is 19.5 Å². The van der Waals surface area contributed by atoms with E-state index in [-0.39, 0.29) is 24.2 Å². The number of aromatic nitrogens is 2. The summed E-state index contributed by atoms with van der Waals surface area (Å²) < 4.78 is 30.3. The lowest BCUT2D eigenvalue weighted by Crippen LogP contribution is -2.39. The fourth-order valence-electron chi connectivity index (χ4n) is 3.53. The van der Waals surface area contributed by atoms with Gasteiger partial charge in [0.2, 0.25) is 5.82 Å². The van der Waals surface area contributed by atoms with Gasteiger partial charge in [-0.05, 0) is 32.6 Å². The largest absolute Gasteiger partial charge is 0.470 e. The highest BCUT2D eigenvalue weighted by Gasteiger charge is 2.34. The Labute approximate surface area is 204 Å². The maximum atomic E-state index is 12.6. The summed E-state index contributed by atoms with van der Waals surface area (Å²) in [5.41, 5.74) is -0.373. The molecular weight excluding hydrogens is 466 g/mol. The Kier molecular flexibility index (Phi) is 10.2. The molecule has 0 radical (unpaired) electrons. The Morgan fingerprint density at radius 2 is 1.76 bits per heavy atom. The lowest BCUT2D eigenvalue weighted by atomic mass is 9.75. The fraction of sp³-hybridized carbons (Fsp3) is 0.773. The van der Waals surface area contributed by atoms with Crippen LogP contribution in [0, 0.1) is 11.3 Å². The maximum Gasteiger partial charge on any atom is 0.347 e. The molecular formula is C22H35N3O8S. The number of morpholine rings is 1. The Balaban J connectivity index is 2.14. The minimum atomic E-state index is -1.37. The molecule has 34 heavy (non-hydrogen) atoms. The van der Waals surface area contributed by atoms with Crippen LogP contribution in [-0.4, -0.2) is 82.8 Å². The van der Waals surface area contributed by atoms with Gasteiger partial charge in [0, 0.05) is 19.0 Å². The van der Waals surface area contributed by atoms with Crippen molar-refractivity contribution in [3.8, 4) is 5.88 Å². The number of esters is 2. The van der Waals surface area contributed by atoms with Crippen LogP contribution in [0.5, 0.6) is 5.88 Å². The number of ketones is 1. The van der Waals surface area contributed by atoms with Crippen LogP contribution in [0.3, 0.4) is 0 Å². The molecule has 1 aromatic rings. The van der Waals surface area contributed by atoms with Crippen LogP contribution in [0.25, 0.3) is 0 Å². The Morgan fingerprint density at radius 1 is 1.12 bits per heavy atom. The summed E-state index contributed by atoms with van der Waals surface area (Å²) in [7, 11) is 0. The van der Waals surface area contributed by atoms with E-state index in [0.717, 1.165) is 11.7 Å². The lowest BCUT2D eigenvalue weighted by molar-refractivity contribution is -0.176. The summed E-state index contributed by atoms with van der Waals surface area (Å²) in [6.45, 7) is 12.3. The van der Waals surface area contributed by atoms with Gasteiger partial charge in [0.1, 0.15) is 24.6 Å². The zero-order valence-electron chi connectivity index (χ0n) is 20.6. The fourth-order valence-corrected chi connectivity index (χ4v) is 4.05. The Bertz CT molecular complexity index is 832. The minimum Gasteiger partial charge on any atom is -0.470 e. The first-order chi connectivity index (χ1) is 15.9. The van der Waals surface area contributed by atoms with Crippen LogP contribution in [0.4, 0.5) is 5.82 Å². The van der Waals surface area contributed by atoms with Gasteiger partial charge in [0.25, 0.3) is 5.88 Å². The SMILES string of the molecule is CC(=O)C(C[C@@H](COc1nsnc1N1CCOCC1)OC(=O)C(C)OC(=O)C(C)O)C(C)(C)C. The first-order valence-electron chi connectivity index (χ1n) is 11.3. The number of nitrogens with zero attached hydrogens (tertiary/aromatic N) is 3. The zero-order valence-corrected chi connectivity index (χ0v) is 21.4. The number of aliphatic hydroxyl groups excluding tert-OH is 1. The van der Waals surface area contributed by atoms with Gasteiger partial charge >= 0.3 is 11.9 Å². The number of Topliss-reactive ketones (excluding diaryl/α,β-unsaturated/α-hetero) is 1. The van der Waals surface area contributed by atoms with Crippen molar-refractivity contribution >= 4 is 35.3 Å². The van der Waals surface area contributed by atoms with Gasteiger partial charge in [0.15, 0.2) is 6.10 Å². The van der Waals surface area contributed by atoms with Crippen molar-refractivity contribution in [2.45, 2.75) is 66.3 Å². The van der Waals surface area contributed by atoms with Crippen LogP contribution in [0.1, 0.15) is 48.0 Å². The molecule has 0 bridgehead atoms. The predicted octanol–water partition coefficient (Wildman–Crippen LogP) is 1.62. The number of hydrogen-bond donors (Lipinski definition) is 1. The molecule has 0 amide bonds. The monoisotopic (exact) mass is 501 g/mol. The van der Waals surface area contributed by atoms with Gasteiger partial charge < -0.3 is 29.0 Å². The van der Waals surface area contributed by atoms with E-state index in [1.165, 1.54) is 20.8 Å².